The average Bonchev–Trinajstić information content (AvgIpc) is 2.46. The van der Waals surface area contributed by atoms with Crippen LogP contribution in [0.15, 0.2) is 54.7 Å². The molecule has 0 radical (unpaired) electrons. The second kappa shape index (κ2) is 5.26. The Morgan fingerprint density at radius 1 is 1.10 bits per heavy atom. The molecule has 1 unspecified atom stereocenters. The van der Waals surface area contributed by atoms with Crippen molar-refractivity contribution in [2.45, 2.75) is 5.75 Å². The molecular formula is C16H15N3OS. The van der Waals surface area contributed by atoms with Crippen molar-refractivity contribution in [3.8, 4) is 11.1 Å². The van der Waals surface area contributed by atoms with Crippen molar-refractivity contribution in [2.24, 2.45) is 0 Å². The van der Waals surface area contributed by atoms with Crippen LogP contribution in [0.2, 0.25) is 0 Å². The van der Waals surface area contributed by atoms with Crippen molar-refractivity contribution in [3.63, 3.8) is 0 Å². The summed E-state index contributed by atoms with van der Waals surface area (Å²) in [6.45, 7) is 0. The third-order valence-corrected chi connectivity index (χ3v) is 4.14. The van der Waals surface area contributed by atoms with Gasteiger partial charge >= 0.3 is 0 Å². The van der Waals surface area contributed by atoms with E-state index in [9.17, 15) is 4.21 Å². The first-order valence-corrected chi connectivity index (χ1v) is 8.68. The average molecular weight is 297 g/mol. The molecule has 1 heterocycles. The van der Waals surface area contributed by atoms with Crippen LogP contribution in [-0.2, 0) is 15.5 Å². The van der Waals surface area contributed by atoms with E-state index in [0.717, 1.165) is 27.6 Å². The van der Waals surface area contributed by atoms with E-state index in [2.05, 4.69) is 10.2 Å². The fourth-order valence-electron chi connectivity index (χ4n) is 2.34. The van der Waals surface area contributed by atoms with E-state index in [1.165, 1.54) is 6.26 Å². The van der Waals surface area contributed by atoms with Gasteiger partial charge in [-0.05, 0) is 17.2 Å². The van der Waals surface area contributed by atoms with Gasteiger partial charge in [-0.2, -0.15) is 10.2 Å². The molecule has 21 heavy (non-hydrogen) atoms. The Bertz CT molecular complexity index is 882. The lowest BCUT2D eigenvalue weighted by Gasteiger charge is -2.07. The summed E-state index contributed by atoms with van der Waals surface area (Å²) in [5.41, 5.74) is 3.84. The second-order valence-corrected chi connectivity index (χ2v) is 7.42. The molecule has 0 aliphatic heterocycles. The molecule has 3 aromatic rings. The minimum atomic E-state index is -2.51. The Kier molecular flexibility index (Phi) is 3.43. The summed E-state index contributed by atoms with van der Waals surface area (Å²) in [7, 11) is -2.51. The molecule has 1 N–H and O–H groups in total. The maximum atomic E-state index is 11.5. The molecule has 0 saturated carbocycles. The number of nitrogens with one attached hydrogen (secondary N) is 1. The largest absolute Gasteiger partial charge is 0.253 e. The van der Waals surface area contributed by atoms with Crippen LogP contribution >= 0.6 is 0 Å². The number of fused-ring (bicyclic) bond motifs is 1. The normalized spacial score (nSPS) is 14.0. The van der Waals surface area contributed by atoms with Gasteiger partial charge in [0.1, 0.15) is 0 Å². The van der Waals surface area contributed by atoms with E-state index in [4.69, 9.17) is 4.78 Å². The number of benzene rings is 2. The van der Waals surface area contributed by atoms with E-state index in [0.29, 0.717) is 0 Å². The summed E-state index contributed by atoms with van der Waals surface area (Å²) in [5.74, 6) is 0.280. The quantitative estimate of drug-likeness (QED) is 0.805. The van der Waals surface area contributed by atoms with E-state index >= 15 is 0 Å². The van der Waals surface area contributed by atoms with E-state index in [1.807, 2.05) is 48.5 Å². The number of hydrogen-bond donors (Lipinski definition) is 1. The third kappa shape index (κ3) is 3.08. The molecule has 0 amide bonds. The van der Waals surface area contributed by atoms with Crippen LogP contribution in [0.1, 0.15) is 5.56 Å². The highest BCUT2D eigenvalue weighted by Gasteiger charge is 2.06. The van der Waals surface area contributed by atoms with Crippen LogP contribution in [0.3, 0.4) is 0 Å². The minimum Gasteiger partial charge on any atom is -0.253 e. The van der Waals surface area contributed by atoms with Gasteiger partial charge in [-0.25, -0.2) is 4.21 Å². The molecule has 3 rings (SSSR count). The number of hydrogen-bond acceptors (Lipinski definition) is 4. The number of aromatic nitrogens is 2. The number of rotatable bonds is 3. The fourth-order valence-corrected chi connectivity index (χ4v) is 3.16. The Balaban J connectivity index is 2.04. The van der Waals surface area contributed by atoms with Gasteiger partial charge in [0, 0.05) is 26.9 Å². The van der Waals surface area contributed by atoms with Crippen LogP contribution in [0, 0.1) is 4.78 Å². The SMILES string of the molecule is CS(=N)(=O)Cc1ccc(-c2cnnc3ccccc23)cc1. The van der Waals surface area contributed by atoms with Gasteiger partial charge in [-0.3, -0.25) is 4.78 Å². The first-order chi connectivity index (χ1) is 10.0. The van der Waals surface area contributed by atoms with Gasteiger partial charge in [-0.15, -0.1) is 0 Å². The highest BCUT2D eigenvalue weighted by molar-refractivity contribution is 7.90. The molecule has 0 fully saturated rings. The van der Waals surface area contributed by atoms with E-state index < -0.39 is 9.73 Å². The van der Waals surface area contributed by atoms with Crippen LogP contribution in [0.4, 0.5) is 0 Å². The zero-order valence-electron chi connectivity index (χ0n) is 11.6. The summed E-state index contributed by atoms with van der Waals surface area (Å²) < 4.78 is 19.0. The molecule has 0 aliphatic rings. The van der Waals surface area contributed by atoms with Gasteiger partial charge in [0.2, 0.25) is 0 Å². The lowest BCUT2D eigenvalue weighted by Crippen LogP contribution is -1.98. The topological polar surface area (TPSA) is 66.7 Å². The van der Waals surface area contributed by atoms with Gasteiger partial charge < -0.3 is 0 Å². The lowest BCUT2D eigenvalue weighted by atomic mass is 10.0. The highest BCUT2D eigenvalue weighted by Crippen LogP contribution is 2.26. The molecule has 1 aromatic heterocycles. The Hall–Kier alpha value is -2.27. The summed E-state index contributed by atoms with van der Waals surface area (Å²) in [5, 5.41) is 9.22. The molecule has 0 aliphatic carbocycles. The molecular weight excluding hydrogens is 282 g/mol. The van der Waals surface area contributed by atoms with Crippen LogP contribution in [0.25, 0.3) is 22.0 Å². The summed E-state index contributed by atoms with van der Waals surface area (Å²) in [6, 6.07) is 15.7. The van der Waals surface area contributed by atoms with Crippen molar-refractivity contribution in [1.29, 1.82) is 4.78 Å². The summed E-state index contributed by atoms with van der Waals surface area (Å²) in [4.78, 5) is 0. The summed E-state index contributed by atoms with van der Waals surface area (Å²) in [6.07, 6.45) is 3.21. The zero-order valence-corrected chi connectivity index (χ0v) is 12.4. The van der Waals surface area contributed by atoms with Gasteiger partial charge in [0.25, 0.3) is 0 Å². The van der Waals surface area contributed by atoms with Crippen LogP contribution in [-0.4, -0.2) is 20.7 Å². The standard InChI is InChI=1S/C16H15N3OS/c1-21(17,20)11-12-6-8-13(9-7-12)15-10-18-19-16-5-3-2-4-14(15)16/h2-10,17H,11H2,1H3. The van der Waals surface area contributed by atoms with Gasteiger partial charge in [0.15, 0.2) is 0 Å². The molecule has 0 spiro atoms. The molecule has 0 saturated heterocycles. The van der Waals surface area contributed by atoms with Crippen molar-refractivity contribution in [2.75, 3.05) is 6.26 Å². The zero-order chi connectivity index (χ0) is 14.9. The van der Waals surface area contributed by atoms with E-state index in [-0.39, 0.29) is 5.75 Å². The summed E-state index contributed by atoms with van der Waals surface area (Å²) >= 11 is 0. The Morgan fingerprint density at radius 3 is 2.52 bits per heavy atom. The highest BCUT2D eigenvalue weighted by atomic mass is 32.2. The number of nitrogens with zero attached hydrogens (tertiary/aromatic N) is 2. The molecule has 0 bridgehead atoms. The van der Waals surface area contributed by atoms with Gasteiger partial charge in [0.05, 0.1) is 17.5 Å². The first kappa shape index (κ1) is 13.7. The molecule has 1 atom stereocenters. The monoisotopic (exact) mass is 297 g/mol. The van der Waals surface area contributed by atoms with E-state index in [1.54, 1.807) is 6.20 Å². The first-order valence-electron chi connectivity index (χ1n) is 6.54. The predicted molar refractivity (Wildman–Crippen MR) is 85.5 cm³/mol. The van der Waals surface area contributed by atoms with Crippen molar-refractivity contribution < 1.29 is 4.21 Å². The second-order valence-electron chi connectivity index (χ2n) is 5.12. The molecule has 4 nitrogen and oxygen atoms in total. The van der Waals surface area contributed by atoms with Gasteiger partial charge in [-0.1, -0.05) is 42.5 Å². The van der Waals surface area contributed by atoms with Crippen molar-refractivity contribution in [1.82, 2.24) is 10.2 Å². The Labute approximate surface area is 123 Å². The molecule has 2 aromatic carbocycles. The minimum absolute atomic E-state index is 0.280. The predicted octanol–water partition coefficient (Wildman–Crippen LogP) is 3.47. The van der Waals surface area contributed by atoms with Crippen LogP contribution < -0.4 is 0 Å². The Morgan fingerprint density at radius 2 is 1.81 bits per heavy atom. The molecule has 106 valence electrons. The van der Waals surface area contributed by atoms with Crippen molar-refractivity contribution in [3.05, 3.63) is 60.3 Å². The van der Waals surface area contributed by atoms with Crippen molar-refractivity contribution >= 4 is 20.6 Å². The lowest BCUT2D eigenvalue weighted by molar-refractivity contribution is 0.678. The van der Waals surface area contributed by atoms with Crippen LogP contribution in [0.5, 0.6) is 0 Å². The third-order valence-electron chi connectivity index (χ3n) is 3.25. The fraction of sp³-hybridized carbons (Fsp3) is 0.125. The smallest absolute Gasteiger partial charge is 0.0935 e. The maximum Gasteiger partial charge on any atom is 0.0935 e. The maximum absolute atomic E-state index is 11.5. The molecule has 5 heteroatoms.